The van der Waals surface area contributed by atoms with Gasteiger partial charge in [-0.2, -0.15) is 11.8 Å². The maximum absolute atomic E-state index is 11.5. The van der Waals surface area contributed by atoms with E-state index in [-0.39, 0.29) is 18.1 Å². The summed E-state index contributed by atoms with van der Waals surface area (Å²) in [5.74, 6) is -0.464. The van der Waals surface area contributed by atoms with Gasteiger partial charge >= 0.3 is 5.97 Å². The van der Waals surface area contributed by atoms with Crippen LogP contribution < -0.4 is 5.32 Å². The lowest BCUT2D eigenvalue weighted by Crippen LogP contribution is -2.14. The molecule has 0 spiro atoms. The van der Waals surface area contributed by atoms with Crippen LogP contribution in [-0.4, -0.2) is 28.5 Å². The molecule has 1 rings (SSSR count). The lowest BCUT2D eigenvalue weighted by molar-refractivity contribution is -0.136. The minimum absolute atomic E-state index is 0.0463. The number of benzene rings is 1. The maximum Gasteiger partial charge on any atom is 0.304 e. The topological polar surface area (TPSA) is 66.4 Å². The second-order valence-electron chi connectivity index (χ2n) is 3.37. The third-order valence-corrected chi connectivity index (χ3v) is 3.59. The number of hydrogen-bond donors (Lipinski definition) is 2. The first-order valence-electron chi connectivity index (χ1n) is 5.03. The molecule has 0 saturated carbocycles. The molecule has 1 aromatic carbocycles. The molecule has 0 aliphatic rings. The summed E-state index contributed by atoms with van der Waals surface area (Å²) >= 11 is 12.8. The Balaban J connectivity index is 2.35. The average molecular weight is 308 g/mol. The molecule has 1 amide bonds. The molecule has 0 radical (unpaired) electrons. The normalized spacial score (nSPS) is 10.1. The van der Waals surface area contributed by atoms with Gasteiger partial charge in [0.2, 0.25) is 5.91 Å². The van der Waals surface area contributed by atoms with Crippen LogP contribution in [0.4, 0.5) is 5.69 Å². The molecular formula is C11H11Cl2NO3S. The Morgan fingerprint density at radius 3 is 2.61 bits per heavy atom. The fraction of sp³-hybridized carbons (Fsp3) is 0.273. The van der Waals surface area contributed by atoms with Gasteiger partial charge in [-0.1, -0.05) is 23.2 Å². The Morgan fingerprint density at radius 2 is 2.00 bits per heavy atom. The molecule has 0 aliphatic heterocycles. The largest absolute Gasteiger partial charge is 0.481 e. The SMILES string of the molecule is O=C(O)CCSCC(=O)Nc1ccc(Cl)c(Cl)c1. The van der Waals surface area contributed by atoms with Gasteiger partial charge < -0.3 is 10.4 Å². The second-order valence-corrected chi connectivity index (χ2v) is 5.29. The van der Waals surface area contributed by atoms with Crippen molar-refractivity contribution in [1.82, 2.24) is 0 Å². The van der Waals surface area contributed by atoms with E-state index in [2.05, 4.69) is 5.32 Å². The predicted molar refractivity (Wildman–Crippen MR) is 74.7 cm³/mol. The minimum Gasteiger partial charge on any atom is -0.481 e. The second kappa shape index (κ2) is 7.51. The number of amides is 1. The number of thioether (sulfide) groups is 1. The Kier molecular flexibility index (Phi) is 6.32. The van der Waals surface area contributed by atoms with E-state index in [0.717, 1.165) is 0 Å². The van der Waals surface area contributed by atoms with Crippen LogP contribution in [0.2, 0.25) is 10.0 Å². The van der Waals surface area contributed by atoms with E-state index in [1.807, 2.05) is 0 Å². The summed E-state index contributed by atoms with van der Waals surface area (Å²) in [4.78, 5) is 21.8. The molecule has 0 saturated heterocycles. The summed E-state index contributed by atoms with van der Waals surface area (Å²) in [6, 6.07) is 4.80. The molecule has 0 heterocycles. The first kappa shape index (κ1) is 15.1. The number of halogens is 2. The van der Waals surface area contributed by atoms with E-state index < -0.39 is 5.97 Å². The van der Waals surface area contributed by atoms with Crippen LogP contribution in [0.1, 0.15) is 6.42 Å². The van der Waals surface area contributed by atoms with Crippen molar-refractivity contribution in [2.45, 2.75) is 6.42 Å². The number of carboxylic acid groups (broad SMARTS) is 1. The summed E-state index contributed by atoms with van der Waals surface area (Å²) in [5, 5.41) is 11.9. The molecule has 0 aromatic heterocycles. The number of anilines is 1. The van der Waals surface area contributed by atoms with E-state index >= 15 is 0 Å². The third-order valence-electron chi connectivity index (χ3n) is 1.90. The molecule has 1 aromatic rings. The van der Waals surface area contributed by atoms with Gasteiger partial charge in [-0.25, -0.2) is 0 Å². The molecule has 2 N–H and O–H groups in total. The van der Waals surface area contributed by atoms with Gasteiger partial charge in [0.15, 0.2) is 0 Å². The van der Waals surface area contributed by atoms with E-state index in [1.165, 1.54) is 11.8 Å². The van der Waals surface area contributed by atoms with Crippen molar-refractivity contribution in [2.24, 2.45) is 0 Å². The molecule has 0 atom stereocenters. The van der Waals surface area contributed by atoms with Crippen molar-refractivity contribution in [3.8, 4) is 0 Å². The minimum atomic E-state index is -0.868. The Morgan fingerprint density at radius 1 is 1.28 bits per heavy atom. The summed E-state index contributed by atoms with van der Waals surface area (Å²) in [7, 11) is 0. The van der Waals surface area contributed by atoms with E-state index in [1.54, 1.807) is 18.2 Å². The van der Waals surface area contributed by atoms with Crippen LogP contribution >= 0.6 is 35.0 Å². The van der Waals surface area contributed by atoms with Crippen LogP contribution in [0.25, 0.3) is 0 Å². The predicted octanol–water partition coefficient (Wildman–Crippen LogP) is 3.14. The summed E-state index contributed by atoms with van der Waals surface area (Å²) < 4.78 is 0. The van der Waals surface area contributed by atoms with Crippen molar-refractivity contribution in [3.63, 3.8) is 0 Å². The number of rotatable bonds is 6. The fourth-order valence-electron chi connectivity index (χ4n) is 1.10. The van der Waals surface area contributed by atoms with Crippen LogP contribution in [0.5, 0.6) is 0 Å². The van der Waals surface area contributed by atoms with Crippen LogP contribution in [0, 0.1) is 0 Å². The van der Waals surface area contributed by atoms with Gasteiger partial charge in [-0.15, -0.1) is 0 Å². The molecule has 0 aliphatic carbocycles. The molecule has 4 nitrogen and oxygen atoms in total. The molecule has 7 heteroatoms. The van der Waals surface area contributed by atoms with Crippen molar-refractivity contribution < 1.29 is 14.7 Å². The Hall–Kier alpha value is -0.910. The Bertz CT molecular complexity index is 454. The van der Waals surface area contributed by atoms with Crippen LogP contribution in [-0.2, 0) is 9.59 Å². The number of carbonyl (C=O) groups excluding carboxylic acids is 1. The quantitative estimate of drug-likeness (QED) is 0.792. The first-order valence-corrected chi connectivity index (χ1v) is 6.94. The van der Waals surface area contributed by atoms with Crippen LogP contribution in [0.15, 0.2) is 18.2 Å². The number of hydrogen-bond acceptors (Lipinski definition) is 3. The maximum atomic E-state index is 11.5. The molecular weight excluding hydrogens is 297 g/mol. The smallest absolute Gasteiger partial charge is 0.304 e. The summed E-state index contributed by atoms with van der Waals surface area (Å²) in [6.45, 7) is 0. The van der Waals surface area contributed by atoms with Gasteiger partial charge in [0, 0.05) is 11.4 Å². The molecule has 0 fully saturated rings. The highest BCUT2D eigenvalue weighted by Crippen LogP contribution is 2.25. The molecule has 98 valence electrons. The molecule has 0 bridgehead atoms. The Labute approximate surface area is 119 Å². The third kappa shape index (κ3) is 5.62. The first-order chi connectivity index (χ1) is 8.49. The highest BCUT2D eigenvalue weighted by atomic mass is 35.5. The molecule has 18 heavy (non-hydrogen) atoms. The standard InChI is InChI=1S/C11H11Cl2NO3S/c12-8-2-1-7(5-9(8)13)14-10(15)6-18-4-3-11(16)17/h1-2,5H,3-4,6H2,(H,14,15)(H,16,17). The number of nitrogens with one attached hydrogen (secondary N) is 1. The van der Waals surface area contributed by atoms with E-state index in [9.17, 15) is 9.59 Å². The lowest BCUT2D eigenvalue weighted by atomic mass is 10.3. The zero-order chi connectivity index (χ0) is 13.5. The van der Waals surface area contributed by atoms with Gasteiger partial charge in [-0.05, 0) is 18.2 Å². The fourth-order valence-corrected chi connectivity index (χ4v) is 2.11. The molecule has 0 unspecified atom stereocenters. The van der Waals surface area contributed by atoms with Crippen molar-refractivity contribution in [3.05, 3.63) is 28.2 Å². The highest BCUT2D eigenvalue weighted by Gasteiger charge is 2.05. The number of carbonyl (C=O) groups is 2. The lowest BCUT2D eigenvalue weighted by Gasteiger charge is -2.05. The van der Waals surface area contributed by atoms with Crippen LogP contribution in [0.3, 0.4) is 0 Å². The van der Waals surface area contributed by atoms with Gasteiger partial charge in [0.05, 0.1) is 22.2 Å². The zero-order valence-corrected chi connectivity index (χ0v) is 11.6. The number of carboxylic acids is 1. The van der Waals surface area contributed by atoms with E-state index in [4.69, 9.17) is 28.3 Å². The number of aliphatic carboxylic acids is 1. The van der Waals surface area contributed by atoms with Crippen molar-refractivity contribution in [1.29, 1.82) is 0 Å². The highest BCUT2D eigenvalue weighted by molar-refractivity contribution is 7.99. The van der Waals surface area contributed by atoms with Crippen molar-refractivity contribution >= 4 is 52.5 Å². The van der Waals surface area contributed by atoms with Crippen molar-refractivity contribution in [2.75, 3.05) is 16.8 Å². The summed E-state index contributed by atoms with van der Waals surface area (Å²) in [5.41, 5.74) is 0.563. The monoisotopic (exact) mass is 307 g/mol. The van der Waals surface area contributed by atoms with E-state index in [0.29, 0.717) is 21.5 Å². The zero-order valence-electron chi connectivity index (χ0n) is 9.28. The van der Waals surface area contributed by atoms with Gasteiger partial charge in [-0.3, -0.25) is 9.59 Å². The average Bonchev–Trinajstić information content (AvgIpc) is 2.29. The van der Waals surface area contributed by atoms with Gasteiger partial charge in [0.1, 0.15) is 0 Å². The summed E-state index contributed by atoms with van der Waals surface area (Å²) in [6.07, 6.45) is 0.0463. The van der Waals surface area contributed by atoms with Gasteiger partial charge in [0.25, 0.3) is 0 Å².